The third kappa shape index (κ3) is 5.18. The van der Waals surface area contributed by atoms with E-state index in [1.807, 2.05) is 59.0 Å². The van der Waals surface area contributed by atoms with Crippen LogP contribution in [0.4, 0.5) is 0 Å². The number of benzene rings is 1. The highest BCUT2D eigenvalue weighted by atomic mass is 32.1. The van der Waals surface area contributed by atoms with Crippen molar-refractivity contribution < 1.29 is 23.7 Å². The largest absolute Gasteiger partial charge is 0.496 e. The van der Waals surface area contributed by atoms with Crippen LogP contribution in [0.5, 0.6) is 11.5 Å². The summed E-state index contributed by atoms with van der Waals surface area (Å²) in [6.07, 6.45) is 3.94. The summed E-state index contributed by atoms with van der Waals surface area (Å²) in [6, 6.07) is 7.69. The Labute approximate surface area is 250 Å². The molecule has 0 bridgehead atoms. The molecule has 1 saturated heterocycles. The molecule has 5 heterocycles. The van der Waals surface area contributed by atoms with Crippen molar-refractivity contribution in [3.05, 3.63) is 58.7 Å². The minimum Gasteiger partial charge on any atom is -0.496 e. The number of carbonyl (C=O) groups excluding carboxylic acids is 1. The molecule has 228 valence electrons. The average molecular weight is 611 g/mol. The molecular formula is C27H34N10O5S. The van der Waals surface area contributed by atoms with Crippen molar-refractivity contribution in [3.8, 4) is 39.6 Å². The molecule has 0 radical (unpaired) electrons. The molecule has 3 aromatic heterocycles. The predicted molar refractivity (Wildman–Crippen MR) is 158 cm³/mol. The Morgan fingerprint density at radius 2 is 1.93 bits per heavy atom. The number of nitrogens with zero attached hydrogens (tertiary/aromatic N) is 4. The number of hydrogen-bond acceptors (Lipinski definition) is 13. The molecule has 16 heteroatoms. The van der Waals surface area contributed by atoms with Gasteiger partial charge in [0.1, 0.15) is 23.6 Å². The van der Waals surface area contributed by atoms with Crippen molar-refractivity contribution in [3.63, 3.8) is 0 Å². The maximum absolute atomic E-state index is 14.4. The van der Waals surface area contributed by atoms with Crippen LogP contribution in [0.3, 0.4) is 0 Å². The summed E-state index contributed by atoms with van der Waals surface area (Å²) in [5.74, 6) is -3.58. The van der Waals surface area contributed by atoms with E-state index in [1.165, 1.54) is 11.3 Å². The lowest BCUT2D eigenvalue weighted by Gasteiger charge is -2.53. The van der Waals surface area contributed by atoms with Crippen LogP contribution >= 0.6 is 11.3 Å². The quantitative estimate of drug-likeness (QED) is 0.134. The Morgan fingerprint density at radius 3 is 2.49 bits per heavy atom. The SMILES string of the molecule is COc1cc2c(cc1-c1ccn(C)c1)-c1c(c(C(=O)N(C(N)(N)N)C3(COC(N)(N)N)COC3)nn1-c1ccsc1)CO2. The number of carbonyl (C=O) groups is 1. The van der Waals surface area contributed by atoms with Crippen molar-refractivity contribution in [2.24, 2.45) is 41.4 Å². The number of nitrogens with two attached hydrogens (primary N) is 6. The van der Waals surface area contributed by atoms with Crippen LogP contribution in [-0.2, 0) is 23.1 Å². The second-order valence-corrected chi connectivity index (χ2v) is 11.6. The third-order valence-electron chi connectivity index (χ3n) is 7.41. The van der Waals surface area contributed by atoms with Crippen LogP contribution < -0.4 is 43.9 Å². The highest BCUT2D eigenvalue weighted by molar-refractivity contribution is 7.08. The number of amides is 1. The molecule has 0 unspecified atom stereocenters. The molecule has 0 atom stereocenters. The van der Waals surface area contributed by atoms with E-state index in [-0.39, 0.29) is 32.1 Å². The topological polar surface area (TPSA) is 236 Å². The van der Waals surface area contributed by atoms with Gasteiger partial charge in [0, 0.05) is 53.1 Å². The summed E-state index contributed by atoms with van der Waals surface area (Å²) >= 11 is 1.49. The Bertz CT molecular complexity index is 1660. The zero-order chi connectivity index (χ0) is 30.7. The van der Waals surface area contributed by atoms with Gasteiger partial charge in [0.15, 0.2) is 5.69 Å². The minimum absolute atomic E-state index is 0.00480. The lowest BCUT2D eigenvalue weighted by molar-refractivity contribution is -0.199. The Kier molecular flexibility index (Phi) is 7.08. The number of aromatic nitrogens is 3. The molecule has 2 aliphatic heterocycles. The van der Waals surface area contributed by atoms with E-state index >= 15 is 0 Å². The van der Waals surface area contributed by atoms with Gasteiger partial charge in [-0.15, -0.1) is 0 Å². The van der Waals surface area contributed by atoms with Gasteiger partial charge in [-0.3, -0.25) is 44.1 Å². The summed E-state index contributed by atoms with van der Waals surface area (Å²) in [6.45, 7) is -0.230. The summed E-state index contributed by atoms with van der Waals surface area (Å²) < 4.78 is 26.4. The molecule has 0 aliphatic carbocycles. The van der Waals surface area contributed by atoms with Gasteiger partial charge in [0.25, 0.3) is 5.91 Å². The van der Waals surface area contributed by atoms with Gasteiger partial charge in [-0.25, -0.2) is 4.68 Å². The highest BCUT2D eigenvalue weighted by Gasteiger charge is 2.54. The van der Waals surface area contributed by atoms with Crippen molar-refractivity contribution in [2.45, 2.75) is 24.0 Å². The first-order chi connectivity index (χ1) is 20.3. The van der Waals surface area contributed by atoms with Crippen molar-refractivity contribution in [1.29, 1.82) is 0 Å². The van der Waals surface area contributed by atoms with E-state index in [0.717, 1.165) is 21.7 Å². The summed E-state index contributed by atoms with van der Waals surface area (Å²) in [7, 11) is 3.55. The Hall–Kier alpha value is -3.84. The number of aryl methyl sites for hydroxylation is 1. The van der Waals surface area contributed by atoms with Gasteiger partial charge in [0.05, 0.1) is 38.3 Å². The number of hydrogen-bond donors (Lipinski definition) is 6. The number of thiophene rings is 1. The van der Waals surface area contributed by atoms with E-state index in [2.05, 4.69) is 0 Å². The lowest BCUT2D eigenvalue weighted by Crippen LogP contribution is -2.82. The van der Waals surface area contributed by atoms with Crippen molar-refractivity contribution in [1.82, 2.24) is 19.2 Å². The smallest absolute Gasteiger partial charge is 0.279 e. The number of rotatable bonds is 9. The second-order valence-electron chi connectivity index (χ2n) is 10.9. The number of ether oxygens (including phenoxy) is 4. The Morgan fingerprint density at radius 1 is 1.16 bits per heavy atom. The van der Waals surface area contributed by atoms with Gasteiger partial charge < -0.3 is 23.5 Å². The molecule has 15 nitrogen and oxygen atoms in total. The average Bonchev–Trinajstić information content (AvgIpc) is 3.67. The molecule has 2 aliphatic rings. The molecule has 4 aromatic rings. The monoisotopic (exact) mass is 610 g/mol. The van der Waals surface area contributed by atoms with Crippen LogP contribution in [0.2, 0.25) is 0 Å². The zero-order valence-electron chi connectivity index (χ0n) is 23.6. The van der Waals surface area contributed by atoms with E-state index < -0.39 is 23.3 Å². The van der Waals surface area contributed by atoms with Gasteiger partial charge in [0.2, 0.25) is 11.9 Å². The zero-order valence-corrected chi connectivity index (χ0v) is 24.5. The van der Waals surface area contributed by atoms with Crippen LogP contribution in [-0.4, -0.2) is 69.5 Å². The fraction of sp³-hybridized carbons (Fsp3) is 0.333. The molecular weight excluding hydrogens is 576 g/mol. The fourth-order valence-corrected chi connectivity index (χ4v) is 6.07. The Balaban J connectivity index is 1.52. The summed E-state index contributed by atoms with van der Waals surface area (Å²) in [5.41, 5.74) is 38.8. The van der Waals surface area contributed by atoms with Crippen LogP contribution in [0.15, 0.2) is 47.4 Å². The van der Waals surface area contributed by atoms with E-state index in [4.69, 9.17) is 58.4 Å². The molecule has 0 spiro atoms. The molecule has 43 heavy (non-hydrogen) atoms. The van der Waals surface area contributed by atoms with Gasteiger partial charge >= 0.3 is 0 Å². The second kappa shape index (κ2) is 10.4. The highest BCUT2D eigenvalue weighted by Crippen LogP contribution is 2.46. The molecule has 0 saturated carbocycles. The standard InChI is InChI=1S/C27H34N10O5S/c1-35-5-3-15(9-35)17-7-18-21(8-20(17)39-2)41-10-19-22(34-36(23(18)19)16-4-6-43-11-16)24(38)37(26(28,29)30)25(12-40-13-25)14-42-27(31,32)33/h3-9,11H,10,12-14,28-33H2,1-2H3. The van der Waals surface area contributed by atoms with Gasteiger partial charge in [-0.2, -0.15) is 16.4 Å². The van der Waals surface area contributed by atoms with Gasteiger partial charge in [-0.1, -0.05) is 0 Å². The van der Waals surface area contributed by atoms with E-state index in [0.29, 0.717) is 28.3 Å². The van der Waals surface area contributed by atoms with Crippen LogP contribution in [0.25, 0.3) is 28.1 Å². The summed E-state index contributed by atoms with van der Waals surface area (Å²) in [4.78, 5) is 15.5. The first kappa shape index (κ1) is 29.2. The molecule has 1 amide bonds. The normalized spacial score (nSPS) is 15.7. The molecule has 6 rings (SSSR count). The van der Waals surface area contributed by atoms with E-state index in [9.17, 15) is 4.79 Å². The van der Waals surface area contributed by atoms with Gasteiger partial charge in [-0.05, 0) is 23.6 Å². The number of fused-ring (bicyclic) bond motifs is 3. The third-order valence-corrected chi connectivity index (χ3v) is 8.08. The maximum atomic E-state index is 14.4. The predicted octanol–water partition coefficient (Wildman–Crippen LogP) is -0.290. The molecule has 1 aromatic carbocycles. The van der Waals surface area contributed by atoms with Crippen molar-refractivity contribution >= 4 is 17.2 Å². The van der Waals surface area contributed by atoms with Crippen LogP contribution in [0, 0.1) is 0 Å². The maximum Gasteiger partial charge on any atom is 0.279 e. The number of methoxy groups -OCH3 is 1. The first-order valence-corrected chi connectivity index (χ1v) is 14.2. The molecule has 1 fully saturated rings. The fourth-order valence-electron chi connectivity index (χ4n) is 5.45. The van der Waals surface area contributed by atoms with E-state index in [1.54, 1.807) is 11.8 Å². The van der Waals surface area contributed by atoms with Crippen LogP contribution in [0.1, 0.15) is 16.1 Å². The van der Waals surface area contributed by atoms with Crippen molar-refractivity contribution in [2.75, 3.05) is 26.9 Å². The lowest BCUT2D eigenvalue weighted by atomic mass is 9.93. The first-order valence-electron chi connectivity index (χ1n) is 13.2. The molecule has 12 N–H and O–H groups in total. The minimum atomic E-state index is -2.15. The summed E-state index contributed by atoms with van der Waals surface area (Å²) in [5, 5.41) is 8.63.